The highest BCUT2D eigenvalue weighted by Gasteiger charge is 2.12. The lowest BCUT2D eigenvalue weighted by Crippen LogP contribution is -2.29. The van der Waals surface area contributed by atoms with E-state index in [9.17, 15) is 0 Å². The summed E-state index contributed by atoms with van der Waals surface area (Å²) in [5.41, 5.74) is 5.81. The smallest absolute Gasteiger partial charge is 0.158 e. The predicted octanol–water partition coefficient (Wildman–Crippen LogP) is 2.08. The summed E-state index contributed by atoms with van der Waals surface area (Å²) in [6.07, 6.45) is 1.15. The standard InChI is InChI=1S/C13H24N4O/c1-5-10(3)8-17(6-2)13-7-11(14)15-12(16-13)9-18-4/h7,10H,5-6,8-9H2,1-4H3,(H2,14,15,16). The molecule has 0 fully saturated rings. The molecule has 1 unspecified atom stereocenters. The maximum absolute atomic E-state index is 5.81. The summed E-state index contributed by atoms with van der Waals surface area (Å²) in [4.78, 5) is 10.9. The molecule has 0 aliphatic rings. The van der Waals surface area contributed by atoms with Gasteiger partial charge in [-0.25, -0.2) is 9.97 Å². The topological polar surface area (TPSA) is 64.3 Å². The number of hydrogen-bond donors (Lipinski definition) is 1. The van der Waals surface area contributed by atoms with E-state index in [-0.39, 0.29) is 0 Å². The molecule has 102 valence electrons. The molecule has 0 aromatic carbocycles. The minimum atomic E-state index is 0.388. The zero-order chi connectivity index (χ0) is 13.5. The van der Waals surface area contributed by atoms with Gasteiger partial charge in [0.25, 0.3) is 0 Å². The van der Waals surface area contributed by atoms with Crippen molar-refractivity contribution in [3.05, 3.63) is 11.9 Å². The Labute approximate surface area is 109 Å². The van der Waals surface area contributed by atoms with Gasteiger partial charge in [0, 0.05) is 26.3 Å². The molecule has 1 atom stereocenters. The molecule has 18 heavy (non-hydrogen) atoms. The third-order valence-electron chi connectivity index (χ3n) is 2.99. The molecule has 0 saturated heterocycles. The molecule has 0 saturated carbocycles. The van der Waals surface area contributed by atoms with Gasteiger partial charge in [-0.2, -0.15) is 0 Å². The first kappa shape index (κ1) is 14.7. The SMILES string of the molecule is CCC(C)CN(CC)c1cc(N)nc(COC)n1. The molecule has 1 heterocycles. The number of anilines is 2. The van der Waals surface area contributed by atoms with E-state index < -0.39 is 0 Å². The van der Waals surface area contributed by atoms with Crippen molar-refractivity contribution in [2.24, 2.45) is 5.92 Å². The van der Waals surface area contributed by atoms with Crippen LogP contribution < -0.4 is 10.6 Å². The Hall–Kier alpha value is -1.36. The zero-order valence-electron chi connectivity index (χ0n) is 11.8. The van der Waals surface area contributed by atoms with Gasteiger partial charge in [0.1, 0.15) is 18.2 Å². The Kier molecular flexibility index (Phi) is 5.85. The quantitative estimate of drug-likeness (QED) is 0.805. The number of nitrogens with zero attached hydrogens (tertiary/aromatic N) is 3. The normalized spacial score (nSPS) is 12.4. The number of ether oxygens (including phenoxy) is 1. The maximum Gasteiger partial charge on any atom is 0.158 e. The third kappa shape index (κ3) is 4.14. The van der Waals surface area contributed by atoms with Crippen LogP contribution in [0.5, 0.6) is 0 Å². The molecule has 0 aliphatic heterocycles. The van der Waals surface area contributed by atoms with E-state index in [2.05, 4.69) is 35.6 Å². The molecule has 1 aromatic heterocycles. The molecule has 0 radical (unpaired) electrons. The molecule has 5 heteroatoms. The average molecular weight is 252 g/mol. The second-order valence-electron chi connectivity index (χ2n) is 4.55. The van der Waals surface area contributed by atoms with Crippen molar-refractivity contribution in [1.29, 1.82) is 0 Å². The van der Waals surface area contributed by atoms with Gasteiger partial charge in [-0.1, -0.05) is 20.3 Å². The number of nitrogen functional groups attached to an aromatic ring is 1. The Morgan fingerprint density at radius 3 is 2.67 bits per heavy atom. The van der Waals surface area contributed by atoms with Crippen LogP contribution >= 0.6 is 0 Å². The fourth-order valence-electron chi connectivity index (χ4n) is 1.75. The first-order valence-corrected chi connectivity index (χ1v) is 6.48. The van der Waals surface area contributed by atoms with E-state index in [1.165, 1.54) is 0 Å². The average Bonchev–Trinajstić information content (AvgIpc) is 2.35. The highest BCUT2D eigenvalue weighted by molar-refractivity contribution is 5.46. The Morgan fingerprint density at radius 1 is 1.39 bits per heavy atom. The second kappa shape index (κ2) is 7.16. The summed E-state index contributed by atoms with van der Waals surface area (Å²) in [5, 5.41) is 0. The van der Waals surface area contributed by atoms with Crippen molar-refractivity contribution < 1.29 is 4.74 Å². The molecular weight excluding hydrogens is 228 g/mol. The summed E-state index contributed by atoms with van der Waals surface area (Å²) in [5.74, 6) is 2.65. The van der Waals surface area contributed by atoms with Crippen LogP contribution in [0, 0.1) is 5.92 Å². The summed E-state index contributed by atoms with van der Waals surface area (Å²) in [7, 11) is 1.63. The lowest BCUT2D eigenvalue weighted by Gasteiger charge is -2.25. The van der Waals surface area contributed by atoms with Gasteiger partial charge in [-0.15, -0.1) is 0 Å². The van der Waals surface area contributed by atoms with Crippen molar-refractivity contribution in [2.75, 3.05) is 30.8 Å². The van der Waals surface area contributed by atoms with Crippen LogP contribution in [0.25, 0.3) is 0 Å². The molecule has 0 spiro atoms. The van der Waals surface area contributed by atoms with Crippen LogP contribution in [0.2, 0.25) is 0 Å². The third-order valence-corrected chi connectivity index (χ3v) is 2.99. The lowest BCUT2D eigenvalue weighted by molar-refractivity contribution is 0.178. The van der Waals surface area contributed by atoms with Crippen molar-refractivity contribution in [3.63, 3.8) is 0 Å². The van der Waals surface area contributed by atoms with E-state index in [1.807, 2.05) is 6.07 Å². The van der Waals surface area contributed by atoms with Gasteiger partial charge in [0.05, 0.1) is 0 Å². The Balaban J connectivity index is 2.90. The van der Waals surface area contributed by atoms with Crippen LogP contribution in [-0.2, 0) is 11.3 Å². The van der Waals surface area contributed by atoms with E-state index in [1.54, 1.807) is 7.11 Å². The largest absolute Gasteiger partial charge is 0.384 e. The van der Waals surface area contributed by atoms with Crippen LogP contribution in [0.15, 0.2) is 6.07 Å². The van der Waals surface area contributed by atoms with Gasteiger partial charge < -0.3 is 15.4 Å². The Bertz CT molecular complexity index is 370. The molecule has 1 rings (SSSR count). The van der Waals surface area contributed by atoms with Gasteiger partial charge in [0.15, 0.2) is 5.82 Å². The summed E-state index contributed by atoms with van der Waals surface area (Å²) >= 11 is 0. The van der Waals surface area contributed by atoms with E-state index in [4.69, 9.17) is 10.5 Å². The molecule has 0 aliphatic carbocycles. The summed E-state index contributed by atoms with van der Waals surface area (Å²) in [6.45, 7) is 8.84. The number of aromatic nitrogens is 2. The monoisotopic (exact) mass is 252 g/mol. The van der Waals surface area contributed by atoms with Gasteiger partial charge >= 0.3 is 0 Å². The fraction of sp³-hybridized carbons (Fsp3) is 0.692. The Morgan fingerprint density at radius 2 is 2.11 bits per heavy atom. The zero-order valence-corrected chi connectivity index (χ0v) is 11.8. The van der Waals surface area contributed by atoms with Crippen molar-refractivity contribution in [2.45, 2.75) is 33.8 Å². The lowest BCUT2D eigenvalue weighted by atomic mass is 10.1. The van der Waals surface area contributed by atoms with E-state index >= 15 is 0 Å². The number of rotatable bonds is 7. The van der Waals surface area contributed by atoms with Crippen LogP contribution in [0.4, 0.5) is 11.6 Å². The highest BCUT2D eigenvalue weighted by Crippen LogP contribution is 2.16. The predicted molar refractivity (Wildman–Crippen MR) is 74.5 cm³/mol. The number of methoxy groups -OCH3 is 1. The molecule has 5 nitrogen and oxygen atoms in total. The second-order valence-corrected chi connectivity index (χ2v) is 4.55. The molecule has 0 bridgehead atoms. The number of nitrogens with two attached hydrogens (primary N) is 1. The van der Waals surface area contributed by atoms with Crippen LogP contribution in [0.3, 0.4) is 0 Å². The minimum absolute atomic E-state index is 0.388. The summed E-state index contributed by atoms with van der Waals surface area (Å²) < 4.78 is 5.05. The molecule has 1 aromatic rings. The molecular formula is C13H24N4O. The molecule has 0 amide bonds. The van der Waals surface area contributed by atoms with Crippen molar-refractivity contribution in [3.8, 4) is 0 Å². The van der Waals surface area contributed by atoms with E-state index in [0.717, 1.165) is 25.3 Å². The van der Waals surface area contributed by atoms with Crippen LogP contribution in [-0.4, -0.2) is 30.2 Å². The van der Waals surface area contributed by atoms with Crippen LogP contribution in [0.1, 0.15) is 33.0 Å². The fourth-order valence-corrected chi connectivity index (χ4v) is 1.75. The first-order chi connectivity index (χ1) is 8.60. The highest BCUT2D eigenvalue weighted by atomic mass is 16.5. The van der Waals surface area contributed by atoms with Gasteiger partial charge in [-0.3, -0.25) is 0 Å². The minimum Gasteiger partial charge on any atom is -0.384 e. The first-order valence-electron chi connectivity index (χ1n) is 6.48. The van der Waals surface area contributed by atoms with Crippen molar-refractivity contribution in [1.82, 2.24) is 9.97 Å². The van der Waals surface area contributed by atoms with Gasteiger partial charge in [-0.05, 0) is 12.8 Å². The van der Waals surface area contributed by atoms with Gasteiger partial charge in [0.2, 0.25) is 0 Å². The number of hydrogen-bond acceptors (Lipinski definition) is 5. The summed E-state index contributed by atoms with van der Waals surface area (Å²) in [6, 6.07) is 1.82. The maximum atomic E-state index is 5.81. The molecule has 2 N–H and O–H groups in total. The van der Waals surface area contributed by atoms with E-state index in [0.29, 0.717) is 24.2 Å². The van der Waals surface area contributed by atoms with Crippen molar-refractivity contribution >= 4 is 11.6 Å².